The second-order valence-corrected chi connectivity index (χ2v) is 5.35. The highest BCUT2D eigenvalue weighted by molar-refractivity contribution is 5.97. The van der Waals surface area contributed by atoms with Crippen LogP contribution in [0.1, 0.15) is 28.4 Å². The highest BCUT2D eigenvalue weighted by Crippen LogP contribution is 2.41. The quantitative estimate of drug-likeness (QED) is 0.290. The molecule has 3 rings (SSSR count). The lowest BCUT2D eigenvalue weighted by molar-refractivity contribution is -0.137. The van der Waals surface area contributed by atoms with E-state index < -0.39 is 23.7 Å². The Bertz CT molecular complexity index is 817. The molecule has 0 amide bonds. The van der Waals surface area contributed by atoms with Crippen LogP contribution >= 0.6 is 0 Å². The first-order valence-corrected chi connectivity index (χ1v) is 7.00. The Morgan fingerprint density at radius 2 is 1.96 bits per heavy atom. The molecule has 0 fully saturated rings. The van der Waals surface area contributed by atoms with Gasteiger partial charge in [0, 0.05) is 12.0 Å². The Labute approximate surface area is 134 Å². The third-order valence-corrected chi connectivity index (χ3v) is 3.85. The molecular weight excluding hydrogens is 326 g/mol. The summed E-state index contributed by atoms with van der Waals surface area (Å²) < 4.78 is 58.5. The number of nitrogens with zero attached hydrogens (tertiary/aromatic N) is 1. The first kappa shape index (κ1) is 16.1. The van der Waals surface area contributed by atoms with E-state index in [1.165, 1.54) is 18.2 Å². The van der Waals surface area contributed by atoms with Crippen molar-refractivity contribution in [2.24, 2.45) is 16.7 Å². The van der Waals surface area contributed by atoms with Crippen molar-refractivity contribution >= 4 is 5.84 Å². The molecule has 1 aliphatic rings. The fourth-order valence-corrected chi connectivity index (χ4v) is 2.66. The molecule has 1 aliphatic heterocycles. The van der Waals surface area contributed by atoms with Gasteiger partial charge in [-0.05, 0) is 29.8 Å². The molecule has 1 atom stereocenters. The van der Waals surface area contributed by atoms with E-state index >= 15 is 0 Å². The molecule has 126 valence electrons. The molecule has 4 N–H and O–H groups in total. The van der Waals surface area contributed by atoms with Crippen molar-refractivity contribution in [2.75, 3.05) is 0 Å². The number of fused-ring (bicyclic) bond motifs is 1. The van der Waals surface area contributed by atoms with Gasteiger partial charge in [0.25, 0.3) is 0 Å². The molecule has 1 unspecified atom stereocenters. The lowest BCUT2D eigenvalue weighted by atomic mass is 9.99. The summed E-state index contributed by atoms with van der Waals surface area (Å²) in [6, 6.07) is 7.66. The number of ether oxygens (including phenoxy) is 1. The van der Waals surface area contributed by atoms with Gasteiger partial charge in [0.15, 0.2) is 5.84 Å². The summed E-state index contributed by atoms with van der Waals surface area (Å²) in [5, 5.41) is 3.25. The normalized spacial score (nSPS) is 17.5. The maximum atomic E-state index is 14.6. The average Bonchev–Trinajstić information content (AvgIpc) is 2.96. The van der Waals surface area contributed by atoms with Crippen LogP contribution in [-0.4, -0.2) is 5.84 Å². The summed E-state index contributed by atoms with van der Waals surface area (Å²) in [7, 11) is 0. The summed E-state index contributed by atoms with van der Waals surface area (Å²) in [5.41, 5.74) is 5.35. The topological polar surface area (TPSA) is 73.6 Å². The minimum atomic E-state index is -4.44. The summed E-state index contributed by atoms with van der Waals surface area (Å²) in [6.45, 7) is 0. The van der Waals surface area contributed by atoms with Crippen molar-refractivity contribution in [3.63, 3.8) is 0 Å². The number of hydrazone groups is 1. The second-order valence-electron chi connectivity index (χ2n) is 5.35. The van der Waals surface area contributed by atoms with Gasteiger partial charge in [0.05, 0.1) is 11.1 Å². The lowest BCUT2D eigenvalue weighted by Crippen LogP contribution is -2.19. The van der Waals surface area contributed by atoms with Crippen molar-refractivity contribution in [1.82, 2.24) is 0 Å². The zero-order valence-corrected chi connectivity index (χ0v) is 12.3. The molecule has 0 aromatic heterocycles. The molecule has 8 heteroatoms. The summed E-state index contributed by atoms with van der Waals surface area (Å²) in [4.78, 5) is 0. The molecule has 2 aromatic carbocycles. The summed E-state index contributed by atoms with van der Waals surface area (Å²) >= 11 is 0. The van der Waals surface area contributed by atoms with Crippen molar-refractivity contribution in [3.8, 4) is 5.75 Å². The first-order chi connectivity index (χ1) is 11.3. The van der Waals surface area contributed by atoms with Crippen molar-refractivity contribution in [2.45, 2.75) is 18.7 Å². The molecule has 0 saturated carbocycles. The van der Waals surface area contributed by atoms with Crippen molar-refractivity contribution < 1.29 is 22.3 Å². The van der Waals surface area contributed by atoms with Crippen LogP contribution in [0.15, 0.2) is 41.5 Å². The fraction of sp³-hybridized carbons (Fsp3) is 0.188. The SMILES string of the molecule is N/N=C(\N)c1cccc(C2Cc3cc(C(F)(F)F)ccc3O2)c1F. The van der Waals surface area contributed by atoms with Gasteiger partial charge in [-0.3, -0.25) is 0 Å². The van der Waals surface area contributed by atoms with Gasteiger partial charge < -0.3 is 16.3 Å². The van der Waals surface area contributed by atoms with E-state index in [1.54, 1.807) is 6.07 Å². The molecule has 0 spiro atoms. The van der Waals surface area contributed by atoms with E-state index in [-0.39, 0.29) is 23.4 Å². The monoisotopic (exact) mass is 339 g/mol. The Balaban J connectivity index is 1.94. The predicted octanol–water partition coefficient (Wildman–Crippen LogP) is 3.10. The van der Waals surface area contributed by atoms with Gasteiger partial charge in [0.1, 0.15) is 17.7 Å². The van der Waals surface area contributed by atoms with E-state index in [0.717, 1.165) is 12.1 Å². The van der Waals surface area contributed by atoms with Gasteiger partial charge in [-0.1, -0.05) is 12.1 Å². The maximum Gasteiger partial charge on any atom is 0.416 e. The molecule has 0 radical (unpaired) electrons. The zero-order chi connectivity index (χ0) is 17.5. The maximum absolute atomic E-state index is 14.6. The number of nitrogens with two attached hydrogens (primary N) is 2. The Morgan fingerprint density at radius 1 is 1.21 bits per heavy atom. The Morgan fingerprint density at radius 3 is 2.62 bits per heavy atom. The highest BCUT2D eigenvalue weighted by Gasteiger charge is 2.34. The van der Waals surface area contributed by atoms with Gasteiger partial charge in [-0.25, -0.2) is 4.39 Å². The molecule has 4 nitrogen and oxygen atoms in total. The Hall–Kier alpha value is -2.77. The van der Waals surface area contributed by atoms with Gasteiger partial charge in [-0.15, -0.1) is 0 Å². The van der Waals surface area contributed by atoms with Crippen LogP contribution in [-0.2, 0) is 12.6 Å². The second kappa shape index (κ2) is 5.70. The first-order valence-electron chi connectivity index (χ1n) is 7.00. The number of alkyl halides is 3. The van der Waals surface area contributed by atoms with Gasteiger partial charge in [-0.2, -0.15) is 18.3 Å². The van der Waals surface area contributed by atoms with E-state index in [1.807, 2.05) is 0 Å². The lowest BCUT2D eigenvalue weighted by Gasteiger charge is -2.14. The van der Waals surface area contributed by atoms with Crippen LogP contribution in [0.25, 0.3) is 0 Å². The number of benzene rings is 2. The standard InChI is InChI=1S/C16H13F4N3O/c17-14-10(2-1-3-11(14)15(21)23-22)13-7-8-6-9(16(18,19)20)4-5-12(8)24-13/h1-6,13H,7,22H2,(H2,21,23). The number of halogens is 4. The number of hydrogen-bond donors (Lipinski definition) is 2. The van der Waals surface area contributed by atoms with E-state index in [0.29, 0.717) is 11.3 Å². The summed E-state index contributed by atoms with van der Waals surface area (Å²) in [5.74, 6) is 4.53. The van der Waals surface area contributed by atoms with Crippen LogP contribution < -0.4 is 16.3 Å². The fourth-order valence-electron chi connectivity index (χ4n) is 2.66. The van der Waals surface area contributed by atoms with Crippen molar-refractivity contribution in [3.05, 3.63) is 64.5 Å². The van der Waals surface area contributed by atoms with Crippen LogP contribution in [0, 0.1) is 5.82 Å². The number of amidine groups is 1. The molecule has 0 aliphatic carbocycles. The van der Waals surface area contributed by atoms with Gasteiger partial charge in [0.2, 0.25) is 0 Å². The predicted molar refractivity (Wildman–Crippen MR) is 79.8 cm³/mol. The zero-order valence-electron chi connectivity index (χ0n) is 12.3. The molecular formula is C16H13F4N3O. The van der Waals surface area contributed by atoms with Crippen LogP contribution in [0.5, 0.6) is 5.75 Å². The van der Waals surface area contributed by atoms with Crippen LogP contribution in [0.3, 0.4) is 0 Å². The van der Waals surface area contributed by atoms with E-state index in [2.05, 4.69) is 5.10 Å². The minimum absolute atomic E-state index is 0.0190. The average molecular weight is 339 g/mol. The van der Waals surface area contributed by atoms with E-state index in [4.69, 9.17) is 16.3 Å². The Kier molecular flexibility index (Phi) is 3.82. The third-order valence-electron chi connectivity index (χ3n) is 3.85. The number of rotatable bonds is 2. The molecule has 0 saturated heterocycles. The largest absolute Gasteiger partial charge is 0.485 e. The molecule has 0 bridgehead atoms. The minimum Gasteiger partial charge on any atom is -0.485 e. The number of hydrogen-bond acceptors (Lipinski definition) is 3. The molecule has 2 aromatic rings. The third kappa shape index (κ3) is 2.75. The highest BCUT2D eigenvalue weighted by atomic mass is 19.4. The summed E-state index contributed by atoms with van der Waals surface area (Å²) in [6.07, 6.45) is -5.06. The van der Waals surface area contributed by atoms with Crippen LogP contribution in [0.2, 0.25) is 0 Å². The smallest absolute Gasteiger partial charge is 0.416 e. The van der Waals surface area contributed by atoms with Crippen molar-refractivity contribution in [1.29, 1.82) is 0 Å². The van der Waals surface area contributed by atoms with Crippen LogP contribution in [0.4, 0.5) is 17.6 Å². The molecule has 1 heterocycles. The van der Waals surface area contributed by atoms with Gasteiger partial charge >= 0.3 is 6.18 Å². The van der Waals surface area contributed by atoms with E-state index in [9.17, 15) is 17.6 Å². The molecule has 24 heavy (non-hydrogen) atoms.